The second-order valence-corrected chi connectivity index (χ2v) is 3.70. The van der Waals surface area contributed by atoms with Gasteiger partial charge in [0.2, 0.25) is 0 Å². The molecule has 1 aromatic heterocycles. The number of nitrogens with one attached hydrogen (secondary N) is 1. The van der Waals surface area contributed by atoms with E-state index in [4.69, 9.17) is 0 Å². The Morgan fingerprint density at radius 2 is 2.00 bits per heavy atom. The number of nitrogens with zero attached hydrogens (tertiary/aromatic N) is 1. The van der Waals surface area contributed by atoms with Crippen LogP contribution in [0.15, 0.2) is 36.5 Å². The van der Waals surface area contributed by atoms with Crippen LogP contribution in [0.3, 0.4) is 0 Å². The Hall–Kier alpha value is -1.90. The highest BCUT2D eigenvalue weighted by Gasteiger charge is 2.03. The van der Waals surface area contributed by atoms with Crippen LogP contribution in [0, 0.1) is 12.7 Å². The molecule has 2 nitrogen and oxygen atoms in total. The average molecular weight is 216 g/mol. The molecule has 0 unspecified atom stereocenters. The van der Waals surface area contributed by atoms with Crippen LogP contribution in [0.5, 0.6) is 0 Å². The number of aromatic nitrogens is 1. The first-order valence-corrected chi connectivity index (χ1v) is 5.10. The summed E-state index contributed by atoms with van der Waals surface area (Å²) in [5, 5.41) is 3.03. The van der Waals surface area contributed by atoms with Crippen molar-refractivity contribution in [2.45, 2.75) is 6.92 Å². The molecule has 0 amide bonds. The number of benzene rings is 1. The van der Waals surface area contributed by atoms with Crippen LogP contribution in [0.2, 0.25) is 0 Å². The highest BCUT2D eigenvalue weighted by atomic mass is 19.1. The van der Waals surface area contributed by atoms with Crippen LogP contribution in [0.4, 0.5) is 10.1 Å². The Bertz CT molecular complexity index is 489. The Labute approximate surface area is 94.2 Å². The van der Waals surface area contributed by atoms with E-state index in [2.05, 4.69) is 10.3 Å². The lowest BCUT2D eigenvalue weighted by atomic mass is 10.1. The number of hydrogen-bond donors (Lipinski definition) is 1. The topological polar surface area (TPSA) is 24.9 Å². The fraction of sp³-hybridized carbons (Fsp3) is 0.154. The largest absolute Gasteiger partial charge is 0.388 e. The third-order valence-corrected chi connectivity index (χ3v) is 2.39. The molecule has 16 heavy (non-hydrogen) atoms. The van der Waals surface area contributed by atoms with E-state index in [-0.39, 0.29) is 5.82 Å². The lowest BCUT2D eigenvalue weighted by Crippen LogP contribution is -1.91. The van der Waals surface area contributed by atoms with Gasteiger partial charge >= 0.3 is 0 Å². The normalized spacial score (nSPS) is 10.2. The van der Waals surface area contributed by atoms with Gasteiger partial charge in [0.25, 0.3) is 0 Å². The van der Waals surface area contributed by atoms with Crippen LogP contribution in [-0.4, -0.2) is 12.0 Å². The Morgan fingerprint density at radius 3 is 2.69 bits per heavy atom. The summed E-state index contributed by atoms with van der Waals surface area (Å²) in [5.41, 5.74) is 3.43. The zero-order valence-electron chi connectivity index (χ0n) is 9.29. The third kappa shape index (κ3) is 2.19. The molecule has 0 aliphatic rings. The lowest BCUT2D eigenvalue weighted by molar-refractivity contribution is 0.627. The maximum absolute atomic E-state index is 13.3. The number of rotatable bonds is 2. The van der Waals surface area contributed by atoms with E-state index in [9.17, 15) is 4.39 Å². The van der Waals surface area contributed by atoms with Crippen molar-refractivity contribution in [1.29, 1.82) is 0 Å². The monoisotopic (exact) mass is 216 g/mol. The molecule has 0 spiro atoms. The van der Waals surface area contributed by atoms with Gasteiger partial charge < -0.3 is 5.32 Å². The van der Waals surface area contributed by atoms with Gasteiger partial charge in [-0.05, 0) is 42.8 Å². The van der Waals surface area contributed by atoms with E-state index >= 15 is 0 Å². The number of anilines is 1. The molecule has 2 aromatic rings. The average Bonchev–Trinajstić information content (AvgIpc) is 2.28. The summed E-state index contributed by atoms with van der Waals surface area (Å²) in [7, 11) is 1.84. The smallest absolute Gasteiger partial charge is 0.124 e. The Morgan fingerprint density at radius 1 is 1.19 bits per heavy atom. The molecule has 2 rings (SSSR count). The van der Waals surface area contributed by atoms with E-state index in [0.29, 0.717) is 0 Å². The van der Waals surface area contributed by atoms with Gasteiger partial charge in [0.05, 0.1) is 5.69 Å². The maximum Gasteiger partial charge on any atom is 0.124 e. The van der Waals surface area contributed by atoms with Crippen molar-refractivity contribution >= 4 is 5.69 Å². The van der Waals surface area contributed by atoms with Crippen molar-refractivity contribution < 1.29 is 4.39 Å². The Kier molecular flexibility index (Phi) is 2.86. The molecule has 0 aliphatic carbocycles. The maximum atomic E-state index is 13.3. The number of halogens is 1. The minimum Gasteiger partial charge on any atom is -0.388 e. The van der Waals surface area contributed by atoms with E-state index in [1.54, 1.807) is 6.20 Å². The molecule has 1 heterocycles. The molecule has 0 aliphatic heterocycles. The molecule has 0 saturated heterocycles. The first-order chi connectivity index (χ1) is 7.69. The van der Waals surface area contributed by atoms with Gasteiger partial charge in [0.1, 0.15) is 5.82 Å². The molecule has 0 fully saturated rings. The summed E-state index contributed by atoms with van der Waals surface area (Å²) < 4.78 is 13.3. The van der Waals surface area contributed by atoms with Crippen molar-refractivity contribution in [2.75, 3.05) is 12.4 Å². The predicted molar refractivity (Wildman–Crippen MR) is 63.9 cm³/mol. The van der Waals surface area contributed by atoms with Crippen LogP contribution < -0.4 is 5.32 Å². The predicted octanol–water partition coefficient (Wildman–Crippen LogP) is 3.24. The standard InChI is InChI=1S/C13H13FN2/c1-9-5-10(7-11(14)6-9)13-8-12(15-2)3-4-16-13/h3-8H,1-2H3,(H,15,16). The highest BCUT2D eigenvalue weighted by Crippen LogP contribution is 2.22. The molecule has 0 atom stereocenters. The zero-order valence-corrected chi connectivity index (χ0v) is 9.29. The van der Waals surface area contributed by atoms with Gasteiger partial charge in [-0.3, -0.25) is 4.98 Å². The summed E-state index contributed by atoms with van der Waals surface area (Å²) in [6, 6.07) is 8.69. The van der Waals surface area contributed by atoms with Crippen LogP contribution >= 0.6 is 0 Å². The van der Waals surface area contributed by atoms with Gasteiger partial charge in [0, 0.05) is 24.5 Å². The van der Waals surface area contributed by atoms with Crippen LogP contribution in [0.1, 0.15) is 5.56 Å². The van der Waals surface area contributed by atoms with Crippen molar-refractivity contribution in [3.05, 3.63) is 47.9 Å². The number of aryl methyl sites for hydroxylation is 1. The number of pyridine rings is 1. The Balaban J connectivity index is 2.49. The van der Waals surface area contributed by atoms with E-state index < -0.39 is 0 Å². The van der Waals surface area contributed by atoms with Crippen LogP contribution in [0.25, 0.3) is 11.3 Å². The second kappa shape index (κ2) is 4.31. The SMILES string of the molecule is CNc1ccnc(-c2cc(C)cc(F)c2)c1. The van der Waals surface area contributed by atoms with E-state index in [1.165, 1.54) is 12.1 Å². The second-order valence-electron chi connectivity index (χ2n) is 3.70. The minimum atomic E-state index is -0.230. The molecule has 1 N–H and O–H groups in total. The van der Waals surface area contributed by atoms with Crippen molar-refractivity contribution in [3.63, 3.8) is 0 Å². The molecule has 0 radical (unpaired) electrons. The van der Waals surface area contributed by atoms with Gasteiger partial charge in [-0.1, -0.05) is 0 Å². The summed E-state index contributed by atoms with van der Waals surface area (Å²) in [6.45, 7) is 1.87. The fourth-order valence-electron chi connectivity index (χ4n) is 1.63. The fourth-order valence-corrected chi connectivity index (χ4v) is 1.63. The molecular weight excluding hydrogens is 203 g/mol. The van der Waals surface area contributed by atoms with Crippen molar-refractivity contribution in [2.24, 2.45) is 0 Å². The molecule has 82 valence electrons. The quantitative estimate of drug-likeness (QED) is 0.833. The lowest BCUT2D eigenvalue weighted by Gasteiger charge is -2.05. The molecular formula is C13H13FN2. The van der Waals surface area contributed by atoms with Gasteiger partial charge in [-0.25, -0.2) is 4.39 Å². The van der Waals surface area contributed by atoms with E-state index in [1.807, 2.05) is 32.2 Å². The van der Waals surface area contributed by atoms with Gasteiger partial charge in [-0.15, -0.1) is 0 Å². The first-order valence-electron chi connectivity index (χ1n) is 5.10. The zero-order chi connectivity index (χ0) is 11.5. The summed E-state index contributed by atoms with van der Waals surface area (Å²) in [6.07, 6.45) is 1.71. The molecule has 0 saturated carbocycles. The molecule has 3 heteroatoms. The van der Waals surface area contributed by atoms with Crippen molar-refractivity contribution in [3.8, 4) is 11.3 Å². The third-order valence-electron chi connectivity index (χ3n) is 2.39. The molecule has 0 bridgehead atoms. The number of hydrogen-bond acceptors (Lipinski definition) is 2. The minimum absolute atomic E-state index is 0.230. The van der Waals surface area contributed by atoms with Gasteiger partial charge in [-0.2, -0.15) is 0 Å². The summed E-state index contributed by atoms with van der Waals surface area (Å²) >= 11 is 0. The van der Waals surface area contributed by atoms with Crippen molar-refractivity contribution in [1.82, 2.24) is 4.98 Å². The first kappa shape index (κ1) is 10.6. The highest BCUT2D eigenvalue weighted by molar-refractivity contribution is 5.64. The van der Waals surface area contributed by atoms with Gasteiger partial charge in [0.15, 0.2) is 0 Å². The van der Waals surface area contributed by atoms with E-state index in [0.717, 1.165) is 22.5 Å². The molecule has 1 aromatic carbocycles. The summed E-state index contributed by atoms with van der Waals surface area (Å²) in [4.78, 5) is 4.23. The van der Waals surface area contributed by atoms with Crippen LogP contribution in [-0.2, 0) is 0 Å². The summed E-state index contributed by atoms with van der Waals surface area (Å²) in [5.74, 6) is -0.230.